The predicted octanol–water partition coefficient (Wildman–Crippen LogP) is 4.32. The molecular weight excluding hydrogens is 388 g/mol. The van der Waals surface area contributed by atoms with E-state index in [2.05, 4.69) is 28.3 Å². The summed E-state index contributed by atoms with van der Waals surface area (Å²) in [4.78, 5) is 12.9. The summed E-state index contributed by atoms with van der Waals surface area (Å²) in [6.45, 7) is 11.0. The highest BCUT2D eigenvalue weighted by molar-refractivity contribution is 7.99. The molecule has 0 aliphatic rings. The number of methoxy groups -OCH3 is 1. The number of Topliss-reactive ketones (excluding diaryl/α,β-unsaturated/α-hetero) is 1. The Labute approximate surface area is 174 Å². The van der Waals surface area contributed by atoms with E-state index in [1.807, 2.05) is 30.5 Å². The summed E-state index contributed by atoms with van der Waals surface area (Å²) in [5, 5.41) is 9.14. The van der Waals surface area contributed by atoms with Crippen molar-refractivity contribution in [3.8, 4) is 11.6 Å². The molecule has 3 rings (SSSR count). The van der Waals surface area contributed by atoms with Crippen LogP contribution in [0.1, 0.15) is 34.7 Å². The maximum atomic E-state index is 12.9. The van der Waals surface area contributed by atoms with E-state index < -0.39 is 0 Å². The summed E-state index contributed by atoms with van der Waals surface area (Å²) in [5.74, 6) is 1.59. The van der Waals surface area contributed by atoms with Crippen molar-refractivity contribution in [1.82, 2.24) is 19.3 Å². The van der Waals surface area contributed by atoms with E-state index in [-0.39, 0.29) is 17.6 Å². The Morgan fingerprint density at radius 2 is 2.21 bits per heavy atom. The van der Waals surface area contributed by atoms with Crippen molar-refractivity contribution in [1.29, 1.82) is 0 Å². The lowest BCUT2D eigenvalue weighted by Gasteiger charge is -2.17. The molecule has 29 heavy (non-hydrogen) atoms. The number of ether oxygens (including phenoxy) is 1. The van der Waals surface area contributed by atoms with Crippen LogP contribution in [0.2, 0.25) is 0 Å². The molecular formula is C21H26N4O3S. The molecule has 0 fully saturated rings. The lowest BCUT2D eigenvalue weighted by atomic mass is 10.2. The highest BCUT2D eigenvalue weighted by Crippen LogP contribution is 2.27. The standard InChI is InChI=1S/C21H26N4O3S/c1-6-9-24-20(19-8-7-10-28-19)22-23-21(24)29-13-18(26)17-11-14(2)25(16(17)4)15(3)12-27-5/h6-8,10-11,15H,1,9,12-13H2,2-5H3. The van der Waals surface area contributed by atoms with Crippen molar-refractivity contribution in [2.45, 2.75) is 38.5 Å². The van der Waals surface area contributed by atoms with Crippen LogP contribution in [0.4, 0.5) is 0 Å². The van der Waals surface area contributed by atoms with Crippen molar-refractivity contribution >= 4 is 17.5 Å². The van der Waals surface area contributed by atoms with Gasteiger partial charge in [-0.15, -0.1) is 16.8 Å². The van der Waals surface area contributed by atoms with Crippen LogP contribution in [0.25, 0.3) is 11.6 Å². The van der Waals surface area contributed by atoms with Crippen molar-refractivity contribution < 1.29 is 13.9 Å². The van der Waals surface area contributed by atoms with E-state index in [1.54, 1.807) is 25.5 Å². The van der Waals surface area contributed by atoms with Gasteiger partial charge in [-0.2, -0.15) is 0 Å². The first-order valence-electron chi connectivity index (χ1n) is 9.39. The lowest BCUT2D eigenvalue weighted by Crippen LogP contribution is -2.14. The van der Waals surface area contributed by atoms with Gasteiger partial charge in [0.1, 0.15) is 0 Å². The van der Waals surface area contributed by atoms with E-state index in [9.17, 15) is 4.79 Å². The van der Waals surface area contributed by atoms with Crippen LogP contribution in [0.3, 0.4) is 0 Å². The highest BCUT2D eigenvalue weighted by atomic mass is 32.2. The van der Waals surface area contributed by atoms with Gasteiger partial charge in [0.25, 0.3) is 0 Å². The number of nitrogens with zero attached hydrogens (tertiary/aromatic N) is 4. The number of aryl methyl sites for hydroxylation is 1. The summed E-state index contributed by atoms with van der Waals surface area (Å²) < 4.78 is 14.8. The minimum Gasteiger partial charge on any atom is -0.461 e. The van der Waals surface area contributed by atoms with Crippen LogP contribution >= 0.6 is 11.8 Å². The first kappa shape index (κ1) is 21.1. The van der Waals surface area contributed by atoms with Gasteiger partial charge in [-0.1, -0.05) is 17.8 Å². The van der Waals surface area contributed by atoms with Gasteiger partial charge >= 0.3 is 0 Å². The lowest BCUT2D eigenvalue weighted by molar-refractivity contribution is 0.102. The van der Waals surface area contributed by atoms with Gasteiger partial charge in [0, 0.05) is 30.6 Å². The Hall–Kier alpha value is -2.58. The van der Waals surface area contributed by atoms with Gasteiger partial charge in [-0.3, -0.25) is 9.36 Å². The molecule has 0 aliphatic heterocycles. The Bertz CT molecular complexity index is 988. The van der Waals surface area contributed by atoms with Gasteiger partial charge in [0.05, 0.1) is 24.7 Å². The Morgan fingerprint density at radius 1 is 1.41 bits per heavy atom. The fourth-order valence-electron chi connectivity index (χ4n) is 3.54. The molecule has 0 bridgehead atoms. The van der Waals surface area contributed by atoms with Gasteiger partial charge in [0.2, 0.25) is 5.82 Å². The maximum absolute atomic E-state index is 12.9. The average molecular weight is 415 g/mol. The molecule has 0 saturated carbocycles. The number of carbonyl (C=O) groups is 1. The summed E-state index contributed by atoms with van der Waals surface area (Å²) in [7, 11) is 1.68. The summed E-state index contributed by atoms with van der Waals surface area (Å²) in [6, 6.07) is 5.76. The smallest absolute Gasteiger partial charge is 0.200 e. The Morgan fingerprint density at radius 3 is 2.86 bits per heavy atom. The predicted molar refractivity (Wildman–Crippen MR) is 113 cm³/mol. The molecule has 1 unspecified atom stereocenters. The third kappa shape index (κ3) is 4.38. The molecule has 0 saturated heterocycles. The van der Waals surface area contributed by atoms with Crippen LogP contribution in [0.5, 0.6) is 0 Å². The molecule has 3 heterocycles. The molecule has 0 spiro atoms. The molecule has 154 valence electrons. The van der Waals surface area contributed by atoms with Crippen molar-refractivity contribution in [3.05, 3.63) is 54.1 Å². The topological polar surface area (TPSA) is 75.1 Å². The van der Waals surface area contributed by atoms with Crippen molar-refractivity contribution in [2.75, 3.05) is 19.5 Å². The Kier molecular flexibility index (Phi) is 6.76. The van der Waals surface area contributed by atoms with Gasteiger partial charge in [-0.05, 0) is 39.0 Å². The molecule has 0 aromatic carbocycles. The van der Waals surface area contributed by atoms with Gasteiger partial charge < -0.3 is 13.7 Å². The SMILES string of the molecule is C=CCn1c(SCC(=O)c2cc(C)n(C(C)COC)c2C)nnc1-c1ccco1. The van der Waals surface area contributed by atoms with Gasteiger partial charge in [-0.25, -0.2) is 0 Å². The molecule has 0 N–H and O–H groups in total. The number of aromatic nitrogens is 4. The number of ketones is 1. The number of hydrogen-bond donors (Lipinski definition) is 0. The maximum Gasteiger partial charge on any atom is 0.200 e. The summed E-state index contributed by atoms with van der Waals surface area (Å²) in [6.07, 6.45) is 3.37. The molecule has 0 amide bonds. The van der Waals surface area contributed by atoms with Crippen molar-refractivity contribution in [3.63, 3.8) is 0 Å². The average Bonchev–Trinajstić information content (AvgIpc) is 3.40. The molecule has 3 aromatic heterocycles. The minimum absolute atomic E-state index is 0.0617. The second-order valence-corrected chi connectivity index (χ2v) is 7.80. The van der Waals surface area contributed by atoms with Crippen LogP contribution in [0.15, 0.2) is 46.7 Å². The highest BCUT2D eigenvalue weighted by Gasteiger charge is 2.21. The van der Waals surface area contributed by atoms with Crippen LogP contribution in [-0.4, -0.2) is 44.6 Å². The molecule has 3 aromatic rings. The largest absolute Gasteiger partial charge is 0.461 e. The van der Waals surface area contributed by atoms with Crippen LogP contribution in [0, 0.1) is 13.8 Å². The molecule has 1 atom stereocenters. The number of allylic oxidation sites excluding steroid dienone is 1. The second-order valence-electron chi connectivity index (χ2n) is 6.85. The monoisotopic (exact) mass is 414 g/mol. The minimum atomic E-state index is 0.0617. The fraction of sp³-hybridized carbons (Fsp3) is 0.381. The quantitative estimate of drug-likeness (QED) is 0.279. The second kappa shape index (κ2) is 9.28. The number of rotatable bonds is 10. The zero-order valence-corrected chi connectivity index (χ0v) is 18.0. The fourth-order valence-corrected chi connectivity index (χ4v) is 4.37. The Balaban J connectivity index is 1.78. The third-order valence-corrected chi connectivity index (χ3v) is 5.70. The number of carbonyl (C=O) groups excluding carboxylic acids is 1. The molecule has 7 nitrogen and oxygen atoms in total. The number of thioether (sulfide) groups is 1. The first-order chi connectivity index (χ1) is 14.0. The number of furan rings is 1. The summed E-state index contributed by atoms with van der Waals surface area (Å²) in [5.41, 5.74) is 2.75. The molecule has 0 aliphatic carbocycles. The van der Waals surface area contributed by atoms with Crippen LogP contribution in [-0.2, 0) is 11.3 Å². The van der Waals surface area contributed by atoms with Gasteiger partial charge in [0.15, 0.2) is 16.7 Å². The normalized spacial score (nSPS) is 12.3. The molecule has 8 heteroatoms. The van der Waals surface area contributed by atoms with E-state index in [0.29, 0.717) is 29.9 Å². The first-order valence-corrected chi connectivity index (χ1v) is 10.4. The zero-order valence-electron chi connectivity index (χ0n) is 17.2. The zero-order chi connectivity index (χ0) is 21.0. The van der Waals surface area contributed by atoms with Crippen LogP contribution < -0.4 is 0 Å². The third-order valence-electron chi connectivity index (χ3n) is 4.74. The molecule has 0 radical (unpaired) electrons. The van der Waals surface area contributed by atoms with E-state index in [0.717, 1.165) is 17.0 Å². The number of hydrogen-bond acceptors (Lipinski definition) is 6. The van der Waals surface area contributed by atoms with E-state index in [4.69, 9.17) is 9.15 Å². The van der Waals surface area contributed by atoms with E-state index >= 15 is 0 Å². The van der Waals surface area contributed by atoms with Crippen molar-refractivity contribution in [2.24, 2.45) is 0 Å². The van der Waals surface area contributed by atoms with E-state index in [1.165, 1.54) is 11.8 Å². The summed E-state index contributed by atoms with van der Waals surface area (Å²) >= 11 is 1.37.